The minimum atomic E-state index is 0.998. The molecule has 0 spiro atoms. The van der Waals surface area contributed by atoms with Crippen LogP contribution in [-0.2, 0) is 6.54 Å². The van der Waals surface area contributed by atoms with Crippen LogP contribution in [-0.4, -0.2) is 32.1 Å². The molecule has 0 fully saturated rings. The zero-order valence-corrected chi connectivity index (χ0v) is 11.8. The summed E-state index contributed by atoms with van der Waals surface area (Å²) in [6.07, 6.45) is 2.53. The molecule has 0 saturated heterocycles. The SMILES string of the molecule is CN(C)CCCCNCc1cc(Br)cs1. The van der Waals surface area contributed by atoms with E-state index in [-0.39, 0.29) is 0 Å². The van der Waals surface area contributed by atoms with Gasteiger partial charge in [0.1, 0.15) is 0 Å². The molecule has 15 heavy (non-hydrogen) atoms. The van der Waals surface area contributed by atoms with Gasteiger partial charge in [-0.1, -0.05) is 0 Å². The molecule has 0 amide bonds. The summed E-state index contributed by atoms with van der Waals surface area (Å²) in [7, 11) is 4.24. The summed E-state index contributed by atoms with van der Waals surface area (Å²) < 4.78 is 1.19. The number of rotatable bonds is 7. The van der Waals surface area contributed by atoms with E-state index in [2.05, 4.69) is 51.7 Å². The first-order chi connectivity index (χ1) is 7.18. The maximum atomic E-state index is 3.46. The largest absolute Gasteiger partial charge is 0.312 e. The number of hydrogen-bond acceptors (Lipinski definition) is 3. The second-order valence-electron chi connectivity index (χ2n) is 3.92. The van der Waals surface area contributed by atoms with E-state index in [4.69, 9.17) is 0 Å². The van der Waals surface area contributed by atoms with Gasteiger partial charge >= 0.3 is 0 Å². The lowest BCUT2D eigenvalue weighted by molar-refractivity contribution is 0.392. The normalized spacial score (nSPS) is 11.2. The van der Waals surface area contributed by atoms with Crippen LogP contribution in [0.15, 0.2) is 15.9 Å². The van der Waals surface area contributed by atoms with Crippen molar-refractivity contribution in [2.75, 3.05) is 27.2 Å². The Bertz CT molecular complexity index is 273. The molecular formula is C11H19BrN2S. The van der Waals surface area contributed by atoms with E-state index in [0.717, 1.165) is 13.1 Å². The standard InChI is InChI=1S/C11H19BrN2S/c1-14(2)6-4-3-5-13-8-11-7-10(12)9-15-11/h7,9,13H,3-6,8H2,1-2H3. The number of nitrogens with one attached hydrogen (secondary N) is 1. The molecule has 2 nitrogen and oxygen atoms in total. The van der Waals surface area contributed by atoms with Gasteiger partial charge in [-0.3, -0.25) is 0 Å². The third-order valence-electron chi connectivity index (χ3n) is 2.13. The fraction of sp³-hybridized carbons (Fsp3) is 0.636. The number of unbranched alkanes of at least 4 members (excludes halogenated alkanes) is 1. The van der Waals surface area contributed by atoms with Crippen LogP contribution in [0, 0.1) is 0 Å². The summed E-state index contributed by atoms with van der Waals surface area (Å²) in [6, 6.07) is 2.18. The van der Waals surface area contributed by atoms with Gasteiger partial charge in [0.15, 0.2) is 0 Å². The van der Waals surface area contributed by atoms with Crippen LogP contribution in [0.1, 0.15) is 17.7 Å². The predicted octanol–water partition coefficient (Wildman–Crippen LogP) is 2.94. The monoisotopic (exact) mass is 290 g/mol. The lowest BCUT2D eigenvalue weighted by Gasteiger charge is -2.08. The first-order valence-corrected chi connectivity index (χ1v) is 6.94. The van der Waals surface area contributed by atoms with E-state index in [1.54, 1.807) is 11.3 Å². The van der Waals surface area contributed by atoms with Crippen LogP contribution < -0.4 is 5.32 Å². The van der Waals surface area contributed by atoms with Crippen molar-refractivity contribution >= 4 is 27.3 Å². The van der Waals surface area contributed by atoms with Gasteiger partial charge in [0, 0.05) is 21.3 Å². The van der Waals surface area contributed by atoms with Crippen molar-refractivity contribution in [2.45, 2.75) is 19.4 Å². The molecule has 0 saturated carbocycles. The third-order valence-corrected chi connectivity index (χ3v) is 3.83. The molecule has 1 aromatic heterocycles. The van der Waals surface area contributed by atoms with E-state index >= 15 is 0 Å². The Morgan fingerprint density at radius 1 is 1.40 bits per heavy atom. The summed E-state index contributed by atoms with van der Waals surface area (Å²) in [5.41, 5.74) is 0. The molecule has 0 aromatic carbocycles. The molecule has 1 heterocycles. The van der Waals surface area contributed by atoms with Gasteiger partial charge in [0.05, 0.1) is 0 Å². The van der Waals surface area contributed by atoms with E-state index in [0.29, 0.717) is 0 Å². The van der Waals surface area contributed by atoms with Gasteiger partial charge in [-0.2, -0.15) is 0 Å². The Balaban J connectivity index is 1.98. The second-order valence-corrected chi connectivity index (χ2v) is 5.83. The van der Waals surface area contributed by atoms with Gasteiger partial charge in [-0.25, -0.2) is 0 Å². The zero-order valence-electron chi connectivity index (χ0n) is 9.42. The topological polar surface area (TPSA) is 15.3 Å². The van der Waals surface area contributed by atoms with Crippen LogP contribution in [0.2, 0.25) is 0 Å². The van der Waals surface area contributed by atoms with Crippen molar-refractivity contribution in [3.8, 4) is 0 Å². The van der Waals surface area contributed by atoms with Gasteiger partial charge < -0.3 is 10.2 Å². The quantitative estimate of drug-likeness (QED) is 0.777. The van der Waals surface area contributed by atoms with Crippen LogP contribution >= 0.6 is 27.3 Å². The highest BCUT2D eigenvalue weighted by atomic mass is 79.9. The molecule has 0 radical (unpaired) electrons. The van der Waals surface area contributed by atoms with Gasteiger partial charge in [-0.05, 0) is 62.0 Å². The molecular weight excluding hydrogens is 272 g/mol. The van der Waals surface area contributed by atoms with Crippen LogP contribution in [0.25, 0.3) is 0 Å². The van der Waals surface area contributed by atoms with Crippen LogP contribution in [0.3, 0.4) is 0 Å². The highest BCUT2D eigenvalue weighted by Gasteiger charge is 1.96. The Kier molecular flexibility index (Phi) is 6.48. The maximum Gasteiger partial charge on any atom is 0.0300 e. The van der Waals surface area contributed by atoms with Gasteiger partial charge in [0.25, 0.3) is 0 Å². The number of thiophene rings is 1. The smallest absolute Gasteiger partial charge is 0.0300 e. The summed E-state index contributed by atoms with van der Waals surface area (Å²) in [4.78, 5) is 3.63. The average Bonchev–Trinajstić information content (AvgIpc) is 2.57. The van der Waals surface area contributed by atoms with E-state index in [1.807, 2.05) is 0 Å². The molecule has 0 unspecified atom stereocenters. The molecule has 0 aliphatic carbocycles. The molecule has 0 atom stereocenters. The molecule has 1 N–H and O–H groups in total. The molecule has 0 aliphatic heterocycles. The van der Waals surface area contributed by atoms with E-state index < -0.39 is 0 Å². The number of nitrogens with zero attached hydrogens (tertiary/aromatic N) is 1. The first kappa shape index (κ1) is 13.2. The summed E-state index contributed by atoms with van der Waals surface area (Å²) in [5, 5.41) is 5.59. The fourth-order valence-corrected chi connectivity index (χ4v) is 2.76. The fourth-order valence-electron chi connectivity index (χ4n) is 1.34. The molecule has 4 heteroatoms. The molecule has 1 rings (SSSR count). The highest BCUT2D eigenvalue weighted by molar-refractivity contribution is 9.10. The number of halogens is 1. The van der Waals surface area contributed by atoms with Crippen LogP contribution in [0.4, 0.5) is 0 Å². The Morgan fingerprint density at radius 3 is 2.80 bits per heavy atom. The van der Waals surface area contributed by atoms with Gasteiger partial charge in [-0.15, -0.1) is 11.3 Å². The second kappa shape index (κ2) is 7.39. The van der Waals surface area contributed by atoms with E-state index in [1.165, 1.54) is 28.7 Å². The molecule has 0 bridgehead atoms. The van der Waals surface area contributed by atoms with Crippen molar-refractivity contribution in [3.63, 3.8) is 0 Å². The van der Waals surface area contributed by atoms with Crippen molar-refractivity contribution in [1.29, 1.82) is 0 Å². The average molecular weight is 291 g/mol. The predicted molar refractivity (Wildman–Crippen MR) is 71.5 cm³/mol. The van der Waals surface area contributed by atoms with E-state index in [9.17, 15) is 0 Å². The molecule has 1 aromatic rings. The lowest BCUT2D eigenvalue weighted by Crippen LogP contribution is -2.17. The zero-order chi connectivity index (χ0) is 11.1. The minimum Gasteiger partial charge on any atom is -0.312 e. The number of hydrogen-bond donors (Lipinski definition) is 1. The Labute approximate surface area is 105 Å². The Hall–Kier alpha value is 0.1000. The maximum absolute atomic E-state index is 3.46. The Morgan fingerprint density at radius 2 is 2.20 bits per heavy atom. The molecule has 0 aliphatic rings. The highest BCUT2D eigenvalue weighted by Crippen LogP contribution is 2.19. The summed E-state index contributed by atoms with van der Waals surface area (Å²) >= 11 is 5.26. The third kappa shape index (κ3) is 6.30. The lowest BCUT2D eigenvalue weighted by atomic mass is 10.3. The molecule has 86 valence electrons. The summed E-state index contributed by atoms with van der Waals surface area (Å²) in [5.74, 6) is 0. The van der Waals surface area contributed by atoms with Crippen molar-refractivity contribution < 1.29 is 0 Å². The van der Waals surface area contributed by atoms with Crippen molar-refractivity contribution in [1.82, 2.24) is 10.2 Å². The first-order valence-electron chi connectivity index (χ1n) is 5.27. The minimum absolute atomic E-state index is 0.998. The van der Waals surface area contributed by atoms with Crippen molar-refractivity contribution in [2.24, 2.45) is 0 Å². The summed E-state index contributed by atoms with van der Waals surface area (Å²) in [6.45, 7) is 3.30. The van der Waals surface area contributed by atoms with Crippen LogP contribution in [0.5, 0.6) is 0 Å². The van der Waals surface area contributed by atoms with Gasteiger partial charge in [0.2, 0.25) is 0 Å². The van der Waals surface area contributed by atoms with Crippen molar-refractivity contribution in [3.05, 3.63) is 20.8 Å².